The molecule has 1 aromatic rings. The average molecular weight is 301 g/mol. The fourth-order valence-corrected chi connectivity index (χ4v) is 2.51. The SMILES string of the molecule is O=C(O)CC1CCN(C(=O)c2cc(F)cnc2Cl)CC1. The van der Waals surface area contributed by atoms with E-state index in [1.165, 1.54) is 0 Å². The highest BCUT2D eigenvalue weighted by atomic mass is 35.5. The van der Waals surface area contributed by atoms with Gasteiger partial charge in [0.05, 0.1) is 11.8 Å². The van der Waals surface area contributed by atoms with Gasteiger partial charge in [0.15, 0.2) is 0 Å². The number of likely N-dealkylation sites (tertiary alicyclic amines) is 1. The summed E-state index contributed by atoms with van der Waals surface area (Å²) in [5.41, 5.74) is 0.0448. The Morgan fingerprint density at radius 2 is 2.10 bits per heavy atom. The van der Waals surface area contributed by atoms with Crippen LogP contribution in [0, 0.1) is 11.7 Å². The molecular formula is C13H14ClFN2O3. The molecule has 0 spiro atoms. The summed E-state index contributed by atoms with van der Waals surface area (Å²) in [6, 6.07) is 1.07. The van der Waals surface area contributed by atoms with Crippen molar-refractivity contribution in [2.75, 3.05) is 13.1 Å². The summed E-state index contributed by atoms with van der Waals surface area (Å²) in [7, 11) is 0. The van der Waals surface area contributed by atoms with Crippen LogP contribution in [0.5, 0.6) is 0 Å². The monoisotopic (exact) mass is 300 g/mol. The Labute approximate surface area is 120 Å². The Morgan fingerprint density at radius 1 is 1.45 bits per heavy atom. The van der Waals surface area contributed by atoms with E-state index >= 15 is 0 Å². The number of rotatable bonds is 3. The van der Waals surface area contributed by atoms with E-state index in [2.05, 4.69) is 4.98 Å². The zero-order chi connectivity index (χ0) is 14.7. The summed E-state index contributed by atoms with van der Waals surface area (Å²) < 4.78 is 13.1. The van der Waals surface area contributed by atoms with Gasteiger partial charge in [0.2, 0.25) is 0 Å². The number of piperidine rings is 1. The van der Waals surface area contributed by atoms with Crippen molar-refractivity contribution < 1.29 is 19.1 Å². The number of carbonyl (C=O) groups is 2. The number of nitrogens with zero attached hydrogens (tertiary/aromatic N) is 2. The number of carboxylic acids is 1. The second-order valence-electron chi connectivity index (χ2n) is 4.83. The van der Waals surface area contributed by atoms with Gasteiger partial charge in [0.25, 0.3) is 5.91 Å². The Balaban J connectivity index is 2.01. The van der Waals surface area contributed by atoms with Crippen LogP contribution in [0.3, 0.4) is 0 Å². The lowest BCUT2D eigenvalue weighted by atomic mass is 9.93. The highest BCUT2D eigenvalue weighted by molar-refractivity contribution is 6.32. The molecule has 0 radical (unpaired) electrons. The number of hydrogen-bond donors (Lipinski definition) is 1. The Bertz CT molecular complexity index is 530. The van der Waals surface area contributed by atoms with Gasteiger partial charge in [-0.05, 0) is 24.8 Å². The molecule has 1 amide bonds. The van der Waals surface area contributed by atoms with E-state index in [0.29, 0.717) is 25.9 Å². The average Bonchev–Trinajstić information content (AvgIpc) is 2.41. The third kappa shape index (κ3) is 3.45. The third-order valence-corrected chi connectivity index (χ3v) is 3.70. The fourth-order valence-electron chi connectivity index (χ4n) is 2.33. The Kier molecular flexibility index (Phi) is 4.54. The number of hydrogen-bond acceptors (Lipinski definition) is 3. The number of halogens is 2. The molecule has 1 fully saturated rings. The highest BCUT2D eigenvalue weighted by Crippen LogP contribution is 2.23. The summed E-state index contributed by atoms with van der Waals surface area (Å²) in [6.07, 6.45) is 2.32. The number of pyridine rings is 1. The molecule has 1 saturated heterocycles. The van der Waals surface area contributed by atoms with Gasteiger partial charge >= 0.3 is 5.97 Å². The lowest BCUT2D eigenvalue weighted by Gasteiger charge is -2.31. The lowest BCUT2D eigenvalue weighted by Crippen LogP contribution is -2.39. The molecule has 0 atom stereocenters. The minimum absolute atomic E-state index is 0.0240. The predicted molar refractivity (Wildman–Crippen MR) is 70.1 cm³/mol. The first kappa shape index (κ1) is 14.7. The zero-order valence-electron chi connectivity index (χ0n) is 10.7. The summed E-state index contributed by atoms with van der Waals surface area (Å²) in [5.74, 6) is -1.72. The van der Waals surface area contributed by atoms with Crippen LogP contribution in [0.1, 0.15) is 29.6 Å². The molecule has 1 aliphatic heterocycles. The number of amides is 1. The van der Waals surface area contributed by atoms with E-state index in [9.17, 15) is 14.0 Å². The van der Waals surface area contributed by atoms with Gasteiger partial charge in [-0.3, -0.25) is 9.59 Å². The van der Waals surface area contributed by atoms with Crippen LogP contribution in [0.4, 0.5) is 4.39 Å². The molecule has 5 nitrogen and oxygen atoms in total. The maximum atomic E-state index is 13.1. The molecule has 108 valence electrons. The van der Waals surface area contributed by atoms with Crippen LogP contribution in [-0.4, -0.2) is 40.0 Å². The molecule has 1 aromatic heterocycles. The molecule has 0 unspecified atom stereocenters. The van der Waals surface area contributed by atoms with Crippen LogP contribution < -0.4 is 0 Å². The van der Waals surface area contributed by atoms with E-state index in [0.717, 1.165) is 12.3 Å². The summed E-state index contributed by atoms with van der Waals surface area (Å²) in [5, 5.41) is 8.71. The quantitative estimate of drug-likeness (QED) is 0.869. The van der Waals surface area contributed by atoms with Crippen LogP contribution in [-0.2, 0) is 4.79 Å². The van der Waals surface area contributed by atoms with E-state index in [4.69, 9.17) is 16.7 Å². The third-order valence-electron chi connectivity index (χ3n) is 3.40. The van der Waals surface area contributed by atoms with Crippen molar-refractivity contribution in [3.63, 3.8) is 0 Å². The molecule has 20 heavy (non-hydrogen) atoms. The Morgan fingerprint density at radius 3 is 2.70 bits per heavy atom. The second kappa shape index (κ2) is 6.17. The van der Waals surface area contributed by atoms with Crippen molar-refractivity contribution in [3.8, 4) is 0 Å². The van der Waals surface area contributed by atoms with Crippen LogP contribution in [0.25, 0.3) is 0 Å². The first-order valence-corrected chi connectivity index (χ1v) is 6.67. The van der Waals surface area contributed by atoms with Gasteiger partial charge in [0, 0.05) is 19.5 Å². The molecule has 2 heterocycles. The molecule has 0 bridgehead atoms. The molecule has 7 heteroatoms. The van der Waals surface area contributed by atoms with Crippen LogP contribution >= 0.6 is 11.6 Å². The first-order chi connectivity index (χ1) is 9.47. The number of aromatic nitrogens is 1. The molecule has 1 N–H and O–H groups in total. The fraction of sp³-hybridized carbons (Fsp3) is 0.462. The Hall–Kier alpha value is -1.69. The van der Waals surface area contributed by atoms with Crippen LogP contribution in [0.15, 0.2) is 12.3 Å². The van der Waals surface area contributed by atoms with E-state index in [-0.39, 0.29) is 29.0 Å². The summed E-state index contributed by atoms with van der Waals surface area (Å²) >= 11 is 5.80. The van der Waals surface area contributed by atoms with Crippen molar-refractivity contribution in [2.24, 2.45) is 5.92 Å². The van der Waals surface area contributed by atoms with Gasteiger partial charge < -0.3 is 10.0 Å². The molecule has 0 aliphatic carbocycles. The largest absolute Gasteiger partial charge is 0.481 e. The minimum atomic E-state index is -0.827. The summed E-state index contributed by atoms with van der Waals surface area (Å²) in [4.78, 5) is 28.0. The van der Waals surface area contributed by atoms with Crippen molar-refractivity contribution in [3.05, 3.63) is 28.8 Å². The summed E-state index contributed by atoms with van der Waals surface area (Å²) in [6.45, 7) is 0.896. The number of aliphatic carboxylic acids is 1. The smallest absolute Gasteiger partial charge is 0.303 e. The maximum absolute atomic E-state index is 13.1. The lowest BCUT2D eigenvalue weighted by molar-refractivity contribution is -0.138. The van der Waals surface area contributed by atoms with Gasteiger partial charge in [-0.2, -0.15) is 0 Å². The number of carbonyl (C=O) groups excluding carboxylic acids is 1. The second-order valence-corrected chi connectivity index (χ2v) is 5.18. The normalized spacial score (nSPS) is 16.2. The number of carboxylic acid groups (broad SMARTS) is 1. The minimum Gasteiger partial charge on any atom is -0.481 e. The van der Waals surface area contributed by atoms with E-state index in [1.807, 2.05) is 0 Å². The predicted octanol–water partition coefficient (Wildman–Crippen LogP) is 2.20. The van der Waals surface area contributed by atoms with E-state index in [1.54, 1.807) is 4.90 Å². The van der Waals surface area contributed by atoms with Crippen molar-refractivity contribution >= 4 is 23.5 Å². The van der Waals surface area contributed by atoms with Crippen molar-refractivity contribution in [2.45, 2.75) is 19.3 Å². The van der Waals surface area contributed by atoms with Gasteiger partial charge in [0.1, 0.15) is 11.0 Å². The van der Waals surface area contributed by atoms with Gasteiger partial charge in [-0.15, -0.1) is 0 Å². The molecule has 1 aliphatic rings. The molecular weight excluding hydrogens is 287 g/mol. The standard InChI is InChI=1S/C13H14ClFN2O3/c14-12-10(6-9(15)7-16-12)13(20)17-3-1-8(2-4-17)5-11(18)19/h6-8H,1-5H2,(H,18,19). The molecule has 0 saturated carbocycles. The van der Waals surface area contributed by atoms with Gasteiger partial charge in [-0.1, -0.05) is 11.6 Å². The zero-order valence-corrected chi connectivity index (χ0v) is 11.4. The van der Waals surface area contributed by atoms with Crippen molar-refractivity contribution in [1.29, 1.82) is 0 Å². The molecule has 2 rings (SSSR count). The van der Waals surface area contributed by atoms with Gasteiger partial charge in [-0.25, -0.2) is 9.37 Å². The molecule has 0 aromatic carbocycles. The topological polar surface area (TPSA) is 70.5 Å². The highest BCUT2D eigenvalue weighted by Gasteiger charge is 2.26. The first-order valence-electron chi connectivity index (χ1n) is 6.29. The van der Waals surface area contributed by atoms with Crippen LogP contribution in [0.2, 0.25) is 5.15 Å². The van der Waals surface area contributed by atoms with E-state index < -0.39 is 11.8 Å². The maximum Gasteiger partial charge on any atom is 0.303 e. The van der Waals surface area contributed by atoms with Crippen molar-refractivity contribution in [1.82, 2.24) is 9.88 Å².